The third-order valence-corrected chi connectivity index (χ3v) is 5.37. The van der Waals surface area contributed by atoms with Crippen LogP contribution in [0.25, 0.3) is 0 Å². The predicted molar refractivity (Wildman–Crippen MR) is 119 cm³/mol. The van der Waals surface area contributed by atoms with Crippen molar-refractivity contribution in [3.8, 4) is 0 Å². The van der Waals surface area contributed by atoms with E-state index < -0.39 is 0 Å². The average molecular weight is 408 g/mol. The van der Waals surface area contributed by atoms with E-state index >= 15 is 0 Å². The number of aryl methyl sites for hydroxylation is 1. The van der Waals surface area contributed by atoms with E-state index in [2.05, 4.69) is 12.2 Å². The Kier molecular flexibility index (Phi) is 6.87. The first kappa shape index (κ1) is 21.6. The van der Waals surface area contributed by atoms with Crippen molar-refractivity contribution in [3.63, 3.8) is 0 Å². The zero-order valence-electron chi connectivity index (χ0n) is 17.9. The van der Waals surface area contributed by atoms with Crippen LogP contribution in [0.2, 0.25) is 0 Å². The predicted octanol–water partition coefficient (Wildman–Crippen LogP) is 3.87. The fourth-order valence-electron chi connectivity index (χ4n) is 3.73. The largest absolute Gasteiger partial charge is 0.332 e. The van der Waals surface area contributed by atoms with Crippen molar-refractivity contribution in [1.29, 1.82) is 0 Å². The number of hydrogen-bond acceptors (Lipinski definition) is 3. The Morgan fingerprint density at radius 2 is 1.83 bits per heavy atom. The molecule has 0 radical (unpaired) electrons. The number of anilines is 2. The van der Waals surface area contributed by atoms with Gasteiger partial charge in [-0.15, -0.1) is 0 Å². The van der Waals surface area contributed by atoms with E-state index in [0.717, 1.165) is 19.3 Å². The minimum Gasteiger partial charge on any atom is -0.332 e. The lowest BCUT2D eigenvalue weighted by Gasteiger charge is -2.29. The summed E-state index contributed by atoms with van der Waals surface area (Å²) >= 11 is 0. The van der Waals surface area contributed by atoms with Crippen LogP contribution in [0.1, 0.15) is 49.0 Å². The summed E-state index contributed by atoms with van der Waals surface area (Å²) in [5, 5.41) is 2.85. The van der Waals surface area contributed by atoms with Gasteiger partial charge in [0.05, 0.1) is 11.4 Å². The Bertz CT molecular complexity index is 924. The number of benzene rings is 2. The second kappa shape index (κ2) is 9.57. The second-order valence-corrected chi connectivity index (χ2v) is 7.84. The molecule has 3 amide bonds. The normalized spacial score (nSPS) is 15.8. The van der Waals surface area contributed by atoms with Crippen molar-refractivity contribution in [3.05, 3.63) is 59.7 Å². The maximum Gasteiger partial charge on any atom is 0.254 e. The summed E-state index contributed by atoms with van der Waals surface area (Å²) in [4.78, 5) is 41.1. The van der Waals surface area contributed by atoms with Crippen LogP contribution in [0.4, 0.5) is 11.4 Å². The molecule has 0 aromatic heterocycles. The van der Waals surface area contributed by atoms with Gasteiger partial charge in [-0.3, -0.25) is 14.4 Å². The summed E-state index contributed by atoms with van der Waals surface area (Å²) in [6.07, 6.45) is 3.45. The number of likely N-dealkylation sites (N-methyl/N-ethyl adjacent to an activating group) is 1. The van der Waals surface area contributed by atoms with E-state index in [9.17, 15) is 14.4 Å². The molecule has 158 valence electrons. The molecule has 1 heterocycles. The minimum atomic E-state index is -0.303. The Balaban J connectivity index is 1.73. The topological polar surface area (TPSA) is 69.7 Å². The first-order valence-electron chi connectivity index (χ1n) is 10.5. The van der Waals surface area contributed by atoms with Gasteiger partial charge in [-0.05, 0) is 49.6 Å². The molecular weight excluding hydrogens is 378 g/mol. The molecule has 1 unspecified atom stereocenters. The molecule has 0 saturated heterocycles. The average Bonchev–Trinajstić information content (AvgIpc) is 2.86. The quantitative estimate of drug-likeness (QED) is 0.790. The first-order valence-corrected chi connectivity index (χ1v) is 10.5. The number of unbranched alkanes of at least 4 members (excludes halogenated alkanes) is 1. The molecule has 30 heavy (non-hydrogen) atoms. The van der Waals surface area contributed by atoms with Gasteiger partial charge in [0.2, 0.25) is 11.8 Å². The van der Waals surface area contributed by atoms with Gasteiger partial charge in [0.25, 0.3) is 5.91 Å². The summed E-state index contributed by atoms with van der Waals surface area (Å²) in [6, 6.07) is 14.5. The number of nitrogens with one attached hydrogen (secondary N) is 1. The van der Waals surface area contributed by atoms with E-state index in [-0.39, 0.29) is 36.7 Å². The number of carbonyl (C=O) groups excluding carboxylic acids is 3. The van der Waals surface area contributed by atoms with Crippen LogP contribution in [-0.4, -0.2) is 42.3 Å². The van der Waals surface area contributed by atoms with Crippen LogP contribution in [-0.2, 0) is 16.0 Å². The maximum absolute atomic E-state index is 13.1. The lowest BCUT2D eigenvalue weighted by atomic mass is 10.1. The molecular formula is C24H29N3O3. The second-order valence-electron chi connectivity index (χ2n) is 7.84. The van der Waals surface area contributed by atoms with Crippen LogP contribution in [0.3, 0.4) is 0 Å². The van der Waals surface area contributed by atoms with E-state index in [4.69, 9.17) is 0 Å². The van der Waals surface area contributed by atoms with Crippen molar-refractivity contribution < 1.29 is 14.4 Å². The van der Waals surface area contributed by atoms with E-state index in [1.165, 1.54) is 10.5 Å². The summed E-state index contributed by atoms with van der Waals surface area (Å²) in [6.45, 7) is 3.93. The molecule has 6 nitrogen and oxygen atoms in total. The van der Waals surface area contributed by atoms with Crippen molar-refractivity contribution in [2.75, 3.05) is 23.8 Å². The van der Waals surface area contributed by atoms with Gasteiger partial charge in [0.15, 0.2) is 0 Å². The molecule has 6 heteroatoms. The van der Waals surface area contributed by atoms with Gasteiger partial charge in [-0.1, -0.05) is 37.6 Å². The monoisotopic (exact) mass is 407 g/mol. The summed E-state index contributed by atoms with van der Waals surface area (Å²) in [5.74, 6) is -0.546. The highest BCUT2D eigenvalue weighted by molar-refractivity contribution is 6.06. The molecule has 0 bridgehead atoms. The molecule has 2 aromatic carbocycles. The minimum absolute atomic E-state index is 0.0662. The van der Waals surface area contributed by atoms with Crippen LogP contribution in [0.5, 0.6) is 0 Å². The number of nitrogens with zero attached hydrogens (tertiary/aromatic N) is 2. The van der Waals surface area contributed by atoms with E-state index in [0.29, 0.717) is 16.9 Å². The molecule has 0 fully saturated rings. The zero-order valence-corrected chi connectivity index (χ0v) is 17.9. The molecule has 3 rings (SSSR count). The van der Waals surface area contributed by atoms with Crippen molar-refractivity contribution >= 4 is 29.1 Å². The van der Waals surface area contributed by atoms with Gasteiger partial charge in [0, 0.05) is 25.1 Å². The smallest absolute Gasteiger partial charge is 0.254 e. The number of amides is 3. The maximum atomic E-state index is 13.1. The number of rotatable bonds is 6. The molecule has 0 saturated carbocycles. The fraction of sp³-hybridized carbons (Fsp3) is 0.375. The van der Waals surface area contributed by atoms with Crippen LogP contribution in [0.15, 0.2) is 48.5 Å². The standard InChI is InChI=1S/C24H29N3O3/c1-4-5-8-18-11-13-19(14-12-18)24(30)26(3)16-23(29)27-17(2)15-22(28)25-20-9-6-7-10-21(20)27/h6-7,9-14,17H,4-5,8,15-16H2,1-3H3,(H,25,28). The first-order chi connectivity index (χ1) is 14.4. The third-order valence-electron chi connectivity index (χ3n) is 5.37. The number of carbonyl (C=O) groups is 3. The van der Waals surface area contributed by atoms with Gasteiger partial charge >= 0.3 is 0 Å². The molecule has 2 aromatic rings. The lowest BCUT2D eigenvalue weighted by molar-refractivity contribution is -0.119. The van der Waals surface area contributed by atoms with Crippen molar-refractivity contribution in [2.24, 2.45) is 0 Å². The molecule has 0 aliphatic carbocycles. The van der Waals surface area contributed by atoms with Crippen LogP contribution in [0, 0.1) is 0 Å². The number of fused-ring (bicyclic) bond motifs is 1. The third kappa shape index (κ3) is 4.87. The van der Waals surface area contributed by atoms with Gasteiger partial charge < -0.3 is 15.1 Å². The Labute approximate surface area is 177 Å². The van der Waals surface area contributed by atoms with Crippen LogP contribution >= 0.6 is 0 Å². The van der Waals surface area contributed by atoms with E-state index in [1.807, 2.05) is 49.4 Å². The number of hydrogen-bond donors (Lipinski definition) is 1. The molecule has 1 atom stereocenters. The Morgan fingerprint density at radius 3 is 2.53 bits per heavy atom. The highest BCUT2D eigenvalue weighted by atomic mass is 16.2. The molecule has 1 aliphatic rings. The molecule has 1 aliphatic heterocycles. The fourth-order valence-corrected chi connectivity index (χ4v) is 3.73. The summed E-state index contributed by atoms with van der Waals surface area (Å²) < 4.78 is 0. The lowest BCUT2D eigenvalue weighted by Crippen LogP contribution is -2.45. The Morgan fingerprint density at radius 1 is 1.13 bits per heavy atom. The van der Waals surface area contributed by atoms with Gasteiger partial charge in [-0.2, -0.15) is 0 Å². The Hall–Kier alpha value is -3.15. The zero-order chi connectivity index (χ0) is 21.7. The van der Waals surface area contributed by atoms with Gasteiger partial charge in [0.1, 0.15) is 6.54 Å². The summed E-state index contributed by atoms with van der Waals surface area (Å²) in [5.41, 5.74) is 3.03. The van der Waals surface area contributed by atoms with Crippen molar-refractivity contribution in [2.45, 2.75) is 45.6 Å². The molecule has 0 spiro atoms. The SMILES string of the molecule is CCCCc1ccc(C(=O)N(C)CC(=O)N2c3ccccc3NC(=O)CC2C)cc1. The van der Waals surface area contributed by atoms with Crippen molar-refractivity contribution in [1.82, 2.24) is 4.90 Å². The molecule has 1 N–H and O–H groups in total. The highest BCUT2D eigenvalue weighted by Gasteiger charge is 2.30. The highest BCUT2D eigenvalue weighted by Crippen LogP contribution is 2.31. The van der Waals surface area contributed by atoms with E-state index in [1.54, 1.807) is 18.0 Å². The number of para-hydroxylation sites is 2. The van der Waals surface area contributed by atoms with Crippen LogP contribution < -0.4 is 10.2 Å². The van der Waals surface area contributed by atoms with Gasteiger partial charge in [-0.25, -0.2) is 0 Å². The summed E-state index contributed by atoms with van der Waals surface area (Å²) in [7, 11) is 1.63.